The normalized spacial score (nSPS) is 15.8. The molecule has 0 aliphatic heterocycles. The quantitative estimate of drug-likeness (QED) is 0.839. The van der Waals surface area contributed by atoms with E-state index in [1.165, 1.54) is 16.4 Å². The molecule has 20 heavy (non-hydrogen) atoms. The molecule has 6 heteroatoms. The van der Waals surface area contributed by atoms with Crippen LogP contribution in [0.1, 0.15) is 32.3 Å². The molecule has 0 atom stereocenters. The Kier molecular flexibility index (Phi) is 4.78. The lowest BCUT2D eigenvalue weighted by Gasteiger charge is -2.20. The van der Waals surface area contributed by atoms with Gasteiger partial charge in [0, 0.05) is 19.1 Å². The largest absolute Gasteiger partial charge is 0.313 e. The number of nitrogens with one attached hydrogen (secondary N) is 1. The van der Waals surface area contributed by atoms with Gasteiger partial charge < -0.3 is 5.32 Å². The van der Waals surface area contributed by atoms with Crippen molar-refractivity contribution in [2.45, 2.75) is 44.2 Å². The van der Waals surface area contributed by atoms with Crippen molar-refractivity contribution >= 4 is 10.0 Å². The topological polar surface area (TPSA) is 49.4 Å². The summed E-state index contributed by atoms with van der Waals surface area (Å²) in [5, 5.41) is 3.09. The first-order chi connectivity index (χ1) is 9.50. The van der Waals surface area contributed by atoms with E-state index in [2.05, 4.69) is 5.32 Å². The first kappa shape index (κ1) is 15.4. The molecule has 0 spiro atoms. The van der Waals surface area contributed by atoms with E-state index in [-0.39, 0.29) is 10.9 Å². The van der Waals surface area contributed by atoms with E-state index in [4.69, 9.17) is 0 Å². The third-order valence-electron chi connectivity index (χ3n) is 3.43. The summed E-state index contributed by atoms with van der Waals surface area (Å²) < 4.78 is 40.4. The second-order valence-corrected chi connectivity index (χ2v) is 6.84. The predicted molar refractivity (Wildman–Crippen MR) is 76.4 cm³/mol. The summed E-state index contributed by atoms with van der Waals surface area (Å²) in [6.45, 7) is 5.45. The molecule has 1 aromatic carbocycles. The van der Waals surface area contributed by atoms with Crippen LogP contribution in [0.3, 0.4) is 0 Å². The summed E-state index contributed by atoms with van der Waals surface area (Å²) in [5.41, 5.74) is 0.748. The number of rotatable bonds is 7. The van der Waals surface area contributed by atoms with Crippen molar-refractivity contribution in [2.75, 3.05) is 13.1 Å². The molecule has 1 saturated carbocycles. The molecule has 1 aliphatic rings. The highest BCUT2D eigenvalue weighted by Crippen LogP contribution is 2.32. The molecule has 0 amide bonds. The maximum absolute atomic E-state index is 14.1. The molecule has 1 aliphatic carbocycles. The van der Waals surface area contributed by atoms with Crippen LogP contribution in [0.5, 0.6) is 0 Å². The van der Waals surface area contributed by atoms with Gasteiger partial charge in [-0.2, -0.15) is 4.31 Å². The molecular formula is C14H21FN2O2S. The smallest absolute Gasteiger partial charge is 0.246 e. The van der Waals surface area contributed by atoms with E-state index < -0.39 is 15.8 Å². The number of nitrogens with zero attached hydrogens (tertiary/aromatic N) is 1. The number of sulfonamides is 1. The molecule has 0 heterocycles. The summed E-state index contributed by atoms with van der Waals surface area (Å²) in [6.07, 6.45) is 1.74. The van der Waals surface area contributed by atoms with Crippen molar-refractivity contribution < 1.29 is 12.8 Å². The summed E-state index contributed by atoms with van der Waals surface area (Å²) in [6, 6.07) is 4.39. The van der Waals surface area contributed by atoms with Crippen molar-refractivity contribution in [3.63, 3.8) is 0 Å². The Morgan fingerprint density at radius 3 is 2.55 bits per heavy atom. The van der Waals surface area contributed by atoms with Crippen LogP contribution in [-0.4, -0.2) is 31.9 Å². The summed E-state index contributed by atoms with van der Waals surface area (Å²) in [7, 11) is -3.72. The number of halogens is 1. The van der Waals surface area contributed by atoms with Gasteiger partial charge in [0.25, 0.3) is 0 Å². The summed E-state index contributed by atoms with van der Waals surface area (Å²) in [4.78, 5) is -0.216. The Morgan fingerprint density at radius 1 is 1.35 bits per heavy atom. The molecule has 112 valence electrons. The minimum absolute atomic E-state index is 0.0471. The lowest BCUT2D eigenvalue weighted by molar-refractivity contribution is 0.417. The van der Waals surface area contributed by atoms with Crippen molar-refractivity contribution in [3.8, 4) is 0 Å². The molecule has 0 saturated heterocycles. The van der Waals surface area contributed by atoms with Gasteiger partial charge in [-0.3, -0.25) is 0 Å². The van der Waals surface area contributed by atoms with Gasteiger partial charge in [-0.1, -0.05) is 19.9 Å². The average molecular weight is 300 g/mol. The highest BCUT2D eigenvalue weighted by atomic mass is 32.2. The van der Waals surface area contributed by atoms with E-state index in [1.807, 2.05) is 6.92 Å². The summed E-state index contributed by atoms with van der Waals surface area (Å²) in [5.74, 6) is -0.667. The van der Waals surface area contributed by atoms with Crippen molar-refractivity contribution in [3.05, 3.63) is 29.6 Å². The average Bonchev–Trinajstić information content (AvgIpc) is 3.21. The van der Waals surface area contributed by atoms with Crippen LogP contribution in [0.2, 0.25) is 0 Å². The zero-order valence-electron chi connectivity index (χ0n) is 11.9. The van der Waals surface area contributed by atoms with Crippen LogP contribution in [-0.2, 0) is 16.6 Å². The second-order valence-electron chi connectivity index (χ2n) is 4.98. The third kappa shape index (κ3) is 3.19. The fraction of sp³-hybridized carbons (Fsp3) is 0.571. The lowest BCUT2D eigenvalue weighted by Crippen LogP contribution is -2.33. The first-order valence-corrected chi connectivity index (χ1v) is 8.45. The molecule has 1 aromatic rings. The lowest BCUT2D eigenvalue weighted by atomic mass is 10.2. The minimum Gasteiger partial charge on any atom is -0.313 e. The van der Waals surface area contributed by atoms with Gasteiger partial charge in [0.05, 0.1) is 0 Å². The number of benzene rings is 1. The van der Waals surface area contributed by atoms with Gasteiger partial charge >= 0.3 is 0 Å². The van der Waals surface area contributed by atoms with Gasteiger partial charge in [0.1, 0.15) is 10.7 Å². The van der Waals surface area contributed by atoms with E-state index in [1.54, 1.807) is 13.0 Å². The first-order valence-electron chi connectivity index (χ1n) is 7.01. The molecule has 0 radical (unpaired) electrons. The fourth-order valence-corrected chi connectivity index (χ4v) is 3.99. The molecule has 0 unspecified atom stereocenters. The van der Waals surface area contributed by atoms with Gasteiger partial charge in [-0.25, -0.2) is 12.8 Å². The molecule has 0 bridgehead atoms. The number of hydrogen-bond donors (Lipinski definition) is 1. The standard InChI is InChI=1S/C14H21FN2O2S/c1-3-16-10-11-5-8-14(13(15)9-11)20(18,19)17(4-2)12-6-7-12/h5,8-9,12,16H,3-4,6-7,10H2,1-2H3. The van der Waals surface area contributed by atoms with Gasteiger partial charge in [0.15, 0.2) is 0 Å². The Balaban J connectivity index is 2.27. The third-order valence-corrected chi connectivity index (χ3v) is 5.49. The molecule has 1 fully saturated rings. The molecule has 4 nitrogen and oxygen atoms in total. The van der Waals surface area contributed by atoms with Gasteiger partial charge in [-0.15, -0.1) is 0 Å². The highest BCUT2D eigenvalue weighted by molar-refractivity contribution is 7.89. The maximum atomic E-state index is 14.1. The van der Waals surface area contributed by atoms with Crippen molar-refractivity contribution in [1.29, 1.82) is 0 Å². The Bertz CT molecular complexity index is 571. The van der Waals surface area contributed by atoms with E-state index >= 15 is 0 Å². The number of hydrogen-bond acceptors (Lipinski definition) is 3. The van der Waals surface area contributed by atoms with Crippen LogP contribution in [0.15, 0.2) is 23.1 Å². The minimum atomic E-state index is -3.72. The Labute approximate surface area is 120 Å². The van der Waals surface area contributed by atoms with Crippen LogP contribution in [0, 0.1) is 5.82 Å². The molecule has 2 rings (SSSR count). The Morgan fingerprint density at radius 2 is 2.05 bits per heavy atom. The Hall–Kier alpha value is -0.980. The monoisotopic (exact) mass is 300 g/mol. The highest BCUT2D eigenvalue weighted by Gasteiger charge is 2.38. The molecular weight excluding hydrogens is 279 g/mol. The molecule has 0 aromatic heterocycles. The molecule has 1 N–H and O–H groups in total. The van der Waals surface area contributed by atoms with Crippen LogP contribution < -0.4 is 5.32 Å². The van der Waals surface area contributed by atoms with E-state index in [9.17, 15) is 12.8 Å². The summed E-state index contributed by atoms with van der Waals surface area (Å²) >= 11 is 0. The van der Waals surface area contributed by atoms with Crippen LogP contribution in [0.4, 0.5) is 4.39 Å². The van der Waals surface area contributed by atoms with Crippen LogP contribution >= 0.6 is 0 Å². The zero-order valence-corrected chi connectivity index (χ0v) is 12.7. The fourth-order valence-electron chi connectivity index (χ4n) is 2.25. The van der Waals surface area contributed by atoms with Crippen molar-refractivity contribution in [1.82, 2.24) is 9.62 Å². The van der Waals surface area contributed by atoms with Crippen LogP contribution in [0.25, 0.3) is 0 Å². The van der Waals surface area contributed by atoms with Crippen molar-refractivity contribution in [2.24, 2.45) is 0 Å². The predicted octanol–water partition coefficient (Wildman–Crippen LogP) is 2.11. The van der Waals surface area contributed by atoms with E-state index in [0.717, 1.165) is 24.9 Å². The van der Waals surface area contributed by atoms with E-state index in [0.29, 0.717) is 13.1 Å². The zero-order chi connectivity index (χ0) is 14.8. The van der Waals surface area contributed by atoms with Gasteiger partial charge in [0.2, 0.25) is 10.0 Å². The van der Waals surface area contributed by atoms with Gasteiger partial charge in [-0.05, 0) is 37.1 Å². The maximum Gasteiger partial charge on any atom is 0.246 e. The second kappa shape index (κ2) is 6.20. The SMILES string of the molecule is CCNCc1ccc(S(=O)(=O)N(CC)C2CC2)c(F)c1.